The molecule has 1 aromatic heterocycles. The molecule has 0 saturated carbocycles. The Morgan fingerprint density at radius 2 is 2.38 bits per heavy atom. The van der Waals surface area contributed by atoms with E-state index < -0.39 is 0 Å². The first-order chi connectivity index (χ1) is 6.22. The van der Waals surface area contributed by atoms with Gasteiger partial charge in [-0.05, 0) is 0 Å². The van der Waals surface area contributed by atoms with Gasteiger partial charge in [-0.15, -0.1) is 0 Å². The first kappa shape index (κ1) is 8.09. The van der Waals surface area contributed by atoms with E-state index in [0.29, 0.717) is 12.4 Å². The van der Waals surface area contributed by atoms with E-state index in [9.17, 15) is 0 Å². The second-order valence-corrected chi connectivity index (χ2v) is 2.80. The van der Waals surface area contributed by atoms with Crippen molar-refractivity contribution in [1.82, 2.24) is 5.32 Å². The van der Waals surface area contributed by atoms with Gasteiger partial charge in [0.25, 0.3) is 0 Å². The molecule has 0 saturated heterocycles. The Morgan fingerprint density at radius 1 is 1.62 bits per heavy atom. The van der Waals surface area contributed by atoms with Crippen LogP contribution < -0.4 is 22.5 Å². The van der Waals surface area contributed by atoms with Crippen molar-refractivity contribution in [3.63, 3.8) is 0 Å². The summed E-state index contributed by atoms with van der Waals surface area (Å²) < 4.78 is 5.15. The maximum absolute atomic E-state index is 5.77. The topological polar surface area (TPSA) is 116 Å². The average molecular weight is 181 g/mol. The second-order valence-electron chi connectivity index (χ2n) is 2.80. The Balaban J connectivity index is 2.52. The van der Waals surface area contributed by atoms with Crippen molar-refractivity contribution in [2.75, 3.05) is 0 Å². The lowest BCUT2D eigenvalue weighted by molar-refractivity contribution is 0.556. The lowest BCUT2D eigenvalue weighted by atomic mass is 10.1. The molecule has 6 nitrogen and oxygen atoms in total. The minimum Gasteiger partial charge on any atom is -0.446 e. The molecule has 0 bridgehead atoms. The van der Waals surface area contributed by atoms with Gasteiger partial charge in [0, 0.05) is 12.1 Å². The van der Waals surface area contributed by atoms with Crippen LogP contribution in [0.4, 0.5) is 5.88 Å². The van der Waals surface area contributed by atoms with Crippen LogP contribution in [0.5, 0.6) is 0 Å². The maximum atomic E-state index is 5.77. The number of nitrogens with two attached hydrogens (primary N) is 3. The number of hydrogen-bond acceptors (Lipinski definition) is 6. The van der Waals surface area contributed by atoms with Crippen molar-refractivity contribution in [2.45, 2.75) is 12.7 Å². The van der Waals surface area contributed by atoms with Gasteiger partial charge in [-0.25, -0.2) is 0 Å². The highest BCUT2D eigenvalue weighted by Gasteiger charge is 2.23. The SMILES string of the molecule is NCc1coc2c1C(N)NC(N)=N2. The fourth-order valence-corrected chi connectivity index (χ4v) is 1.34. The Hall–Kier alpha value is -1.53. The van der Waals surface area contributed by atoms with E-state index in [4.69, 9.17) is 21.6 Å². The third kappa shape index (κ3) is 1.16. The van der Waals surface area contributed by atoms with E-state index in [1.165, 1.54) is 0 Å². The monoisotopic (exact) mass is 181 g/mol. The molecule has 0 aromatic carbocycles. The Bertz CT molecular complexity index is 356. The molecule has 1 aliphatic rings. The molecular formula is C7H11N5O. The van der Waals surface area contributed by atoms with Crippen LogP contribution in [0.3, 0.4) is 0 Å². The summed E-state index contributed by atoms with van der Waals surface area (Å²) >= 11 is 0. The van der Waals surface area contributed by atoms with Gasteiger partial charge in [-0.2, -0.15) is 4.99 Å². The van der Waals surface area contributed by atoms with Crippen LogP contribution in [-0.2, 0) is 6.54 Å². The van der Waals surface area contributed by atoms with Gasteiger partial charge in [-0.1, -0.05) is 0 Å². The number of guanidine groups is 1. The molecule has 1 unspecified atom stereocenters. The van der Waals surface area contributed by atoms with Crippen LogP contribution in [0.25, 0.3) is 0 Å². The van der Waals surface area contributed by atoms with E-state index in [1.54, 1.807) is 6.26 Å². The highest BCUT2D eigenvalue weighted by Crippen LogP contribution is 2.30. The van der Waals surface area contributed by atoms with Crippen LogP contribution in [0.1, 0.15) is 17.3 Å². The molecule has 0 aliphatic carbocycles. The van der Waals surface area contributed by atoms with Crippen molar-refractivity contribution < 1.29 is 4.42 Å². The summed E-state index contributed by atoms with van der Waals surface area (Å²) in [6.45, 7) is 0.379. The minimum absolute atomic E-state index is 0.262. The zero-order chi connectivity index (χ0) is 9.42. The van der Waals surface area contributed by atoms with E-state index in [1.807, 2.05) is 0 Å². The number of aliphatic imine (C=N–C) groups is 1. The average Bonchev–Trinajstić information content (AvgIpc) is 2.47. The first-order valence-corrected chi connectivity index (χ1v) is 3.89. The standard InChI is InChI=1S/C7H11N5O/c8-1-3-2-13-6-4(3)5(9)11-7(10)12-6/h2,5H,1,8-9H2,(H3,10,11,12). The van der Waals surface area contributed by atoms with Crippen LogP contribution >= 0.6 is 0 Å². The number of nitrogens with one attached hydrogen (secondary N) is 1. The highest BCUT2D eigenvalue weighted by atomic mass is 16.3. The smallest absolute Gasteiger partial charge is 0.228 e. The van der Waals surface area contributed by atoms with Crippen LogP contribution in [0, 0.1) is 0 Å². The quantitative estimate of drug-likeness (QED) is 0.454. The molecule has 6 heteroatoms. The van der Waals surface area contributed by atoms with Crippen molar-refractivity contribution in [1.29, 1.82) is 0 Å². The third-order valence-corrected chi connectivity index (χ3v) is 1.95. The number of nitrogens with zero attached hydrogens (tertiary/aromatic N) is 1. The molecule has 1 aromatic rings. The van der Waals surface area contributed by atoms with E-state index >= 15 is 0 Å². The van der Waals surface area contributed by atoms with Gasteiger partial charge >= 0.3 is 0 Å². The second kappa shape index (κ2) is 2.75. The molecule has 0 amide bonds. The van der Waals surface area contributed by atoms with Crippen molar-refractivity contribution >= 4 is 11.8 Å². The van der Waals surface area contributed by atoms with Crippen LogP contribution in [-0.4, -0.2) is 5.96 Å². The summed E-state index contributed by atoms with van der Waals surface area (Å²) in [6, 6.07) is 0. The molecular weight excluding hydrogens is 170 g/mol. The highest BCUT2D eigenvalue weighted by molar-refractivity contribution is 5.83. The first-order valence-electron chi connectivity index (χ1n) is 3.89. The van der Waals surface area contributed by atoms with Crippen molar-refractivity contribution in [3.8, 4) is 0 Å². The lowest BCUT2D eigenvalue weighted by Crippen LogP contribution is -2.41. The Labute approximate surface area is 74.8 Å². The number of fused-ring (bicyclic) bond motifs is 1. The summed E-state index contributed by atoms with van der Waals surface area (Å²) in [4.78, 5) is 3.95. The Morgan fingerprint density at radius 3 is 3.08 bits per heavy atom. The normalized spacial score (nSPS) is 20.5. The molecule has 2 heterocycles. The van der Waals surface area contributed by atoms with Crippen molar-refractivity contribution in [3.05, 3.63) is 17.4 Å². The van der Waals surface area contributed by atoms with Gasteiger partial charge in [0.1, 0.15) is 6.17 Å². The largest absolute Gasteiger partial charge is 0.446 e. The minimum atomic E-state index is -0.384. The molecule has 0 radical (unpaired) electrons. The number of furan rings is 1. The molecule has 1 atom stereocenters. The predicted octanol–water partition coefficient (Wildman–Crippen LogP) is -0.755. The van der Waals surface area contributed by atoms with Gasteiger partial charge < -0.3 is 26.9 Å². The van der Waals surface area contributed by atoms with Crippen LogP contribution in [0.2, 0.25) is 0 Å². The lowest BCUT2D eigenvalue weighted by Gasteiger charge is -2.18. The summed E-state index contributed by atoms with van der Waals surface area (Å²) in [5.41, 5.74) is 18.4. The van der Waals surface area contributed by atoms with Gasteiger partial charge in [0.05, 0.1) is 11.8 Å². The summed E-state index contributed by atoms with van der Waals surface area (Å²) in [6.07, 6.45) is 1.17. The summed E-state index contributed by atoms with van der Waals surface area (Å²) in [5, 5.41) is 2.79. The molecule has 0 spiro atoms. The van der Waals surface area contributed by atoms with E-state index in [-0.39, 0.29) is 12.1 Å². The number of hydrogen-bond donors (Lipinski definition) is 4. The van der Waals surface area contributed by atoms with Crippen molar-refractivity contribution in [2.24, 2.45) is 22.2 Å². The van der Waals surface area contributed by atoms with Gasteiger partial charge in [0.2, 0.25) is 5.88 Å². The molecule has 70 valence electrons. The van der Waals surface area contributed by atoms with E-state index in [0.717, 1.165) is 11.1 Å². The number of rotatable bonds is 1. The van der Waals surface area contributed by atoms with Gasteiger partial charge in [0.15, 0.2) is 5.96 Å². The fourth-order valence-electron chi connectivity index (χ4n) is 1.34. The molecule has 0 fully saturated rings. The van der Waals surface area contributed by atoms with Crippen LogP contribution in [0.15, 0.2) is 15.7 Å². The van der Waals surface area contributed by atoms with E-state index in [2.05, 4.69) is 10.3 Å². The third-order valence-electron chi connectivity index (χ3n) is 1.95. The zero-order valence-corrected chi connectivity index (χ0v) is 6.95. The molecule has 2 rings (SSSR count). The summed E-state index contributed by atoms with van der Waals surface area (Å²) in [5.74, 6) is 0.710. The van der Waals surface area contributed by atoms with Gasteiger partial charge in [-0.3, -0.25) is 0 Å². The molecule has 1 aliphatic heterocycles. The summed E-state index contributed by atoms with van der Waals surface area (Å²) in [7, 11) is 0. The molecule has 7 N–H and O–H groups in total. The zero-order valence-electron chi connectivity index (χ0n) is 6.95. The Kier molecular flexibility index (Phi) is 1.71. The maximum Gasteiger partial charge on any atom is 0.228 e. The molecule has 13 heavy (non-hydrogen) atoms. The predicted molar refractivity (Wildman–Crippen MR) is 47.9 cm³/mol. The fraction of sp³-hybridized carbons (Fsp3) is 0.286.